The molecule has 0 saturated carbocycles. The number of hydrogen-bond donors (Lipinski definition) is 1. The molecule has 18 heavy (non-hydrogen) atoms. The van der Waals surface area contributed by atoms with Crippen molar-refractivity contribution >= 4 is 40.4 Å². The molecule has 0 spiro atoms. The summed E-state index contributed by atoms with van der Waals surface area (Å²) in [6.45, 7) is 0. The minimum atomic E-state index is 0.199. The lowest BCUT2D eigenvalue weighted by molar-refractivity contribution is 0.482. The number of hydrogen-bond acceptors (Lipinski definition) is 2. The Morgan fingerprint density at radius 1 is 1.06 bits per heavy atom. The molecule has 0 atom stereocenters. The van der Waals surface area contributed by atoms with Crippen LogP contribution in [0.1, 0.15) is 5.56 Å². The van der Waals surface area contributed by atoms with Crippen LogP contribution in [0.5, 0.6) is 11.5 Å². The summed E-state index contributed by atoms with van der Waals surface area (Å²) in [6, 6.07) is 12.2. The Hall–Kier alpha value is -1.29. The summed E-state index contributed by atoms with van der Waals surface area (Å²) in [4.78, 5) is 0.199. The lowest BCUT2D eigenvalue weighted by atomic mass is 10.2. The number of ether oxygens (including phenoxy) is 1. The summed E-state index contributed by atoms with van der Waals surface area (Å²) in [5.74, 6) is 1.16. The van der Waals surface area contributed by atoms with Crippen molar-refractivity contribution in [2.45, 2.75) is 0 Å². The van der Waals surface area contributed by atoms with E-state index >= 15 is 0 Å². The van der Waals surface area contributed by atoms with Crippen LogP contribution in [0.4, 0.5) is 0 Å². The average molecular weight is 298 g/mol. The third-order valence-corrected chi connectivity index (χ3v) is 3.03. The van der Waals surface area contributed by atoms with Crippen LogP contribution in [0.3, 0.4) is 0 Å². The highest BCUT2D eigenvalue weighted by Gasteiger charge is 2.11. The number of thiocarbonyl (C=S) groups is 1. The standard InChI is InChI=1S/C13H9Cl2NOS/c14-8-4-6-9(7-5-8)17-11-3-1-2-10(15)12(11)13(16)18/h1-7H,(H2,16,18). The van der Waals surface area contributed by atoms with Crippen LogP contribution in [-0.2, 0) is 0 Å². The summed E-state index contributed by atoms with van der Waals surface area (Å²) in [7, 11) is 0. The second-order valence-corrected chi connectivity index (χ2v) is 4.82. The topological polar surface area (TPSA) is 35.2 Å². The first-order valence-electron chi connectivity index (χ1n) is 5.09. The predicted molar refractivity (Wildman–Crippen MR) is 78.9 cm³/mol. The van der Waals surface area contributed by atoms with Gasteiger partial charge >= 0.3 is 0 Å². The molecule has 0 fully saturated rings. The molecule has 0 amide bonds. The van der Waals surface area contributed by atoms with Gasteiger partial charge in [-0.05, 0) is 36.4 Å². The van der Waals surface area contributed by atoms with Crippen molar-refractivity contribution in [3.63, 3.8) is 0 Å². The van der Waals surface area contributed by atoms with Gasteiger partial charge in [0.1, 0.15) is 16.5 Å². The summed E-state index contributed by atoms with van der Waals surface area (Å²) < 4.78 is 5.70. The molecule has 0 saturated heterocycles. The van der Waals surface area contributed by atoms with E-state index in [1.807, 2.05) is 0 Å². The molecule has 2 aromatic carbocycles. The molecule has 92 valence electrons. The normalized spacial score (nSPS) is 10.1. The van der Waals surface area contributed by atoms with Crippen LogP contribution in [0.25, 0.3) is 0 Å². The Kier molecular flexibility index (Phi) is 4.07. The van der Waals surface area contributed by atoms with E-state index in [9.17, 15) is 0 Å². The first-order chi connectivity index (χ1) is 8.58. The van der Waals surface area contributed by atoms with Gasteiger partial charge in [-0.3, -0.25) is 0 Å². The van der Waals surface area contributed by atoms with E-state index in [-0.39, 0.29) is 4.99 Å². The van der Waals surface area contributed by atoms with Crippen molar-refractivity contribution < 1.29 is 4.74 Å². The van der Waals surface area contributed by atoms with Crippen molar-refractivity contribution in [1.29, 1.82) is 0 Å². The van der Waals surface area contributed by atoms with Gasteiger partial charge in [-0.15, -0.1) is 0 Å². The van der Waals surface area contributed by atoms with Gasteiger partial charge in [0, 0.05) is 5.02 Å². The minimum Gasteiger partial charge on any atom is -0.457 e. The van der Waals surface area contributed by atoms with Gasteiger partial charge in [-0.1, -0.05) is 41.5 Å². The molecule has 0 aliphatic heterocycles. The largest absolute Gasteiger partial charge is 0.457 e. The van der Waals surface area contributed by atoms with Crippen LogP contribution >= 0.6 is 35.4 Å². The number of benzene rings is 2. The summed E-state index contributed by atoms with van der Waals surface area (Å²) >= 11 is 16.8. The molecule has 2 N–H and O–H groups in total. The third-order valence-electron chi connectivity index (χ3n) is 2.26. The fourth-order valence-corrected chi connectivity index (χ4v) is 2.12. The quantitative estimate of drug-likeness (QED) is 0.852. The van der Waals surface area contributed by atoms with Gasteiger partial charge in [-0.2, -0.15) is 0 Å². The Bertz CT molecular complexity index is 584. The Morgan fingerprint density at radius 3 is 2.33 bits per heavy atom. The van der Waals surface area contributed by atoms with Gasteiger partial charge < -0.3 is 10.5 Å². The first-order valence-corrected chi connectivity index (χ1v) is 6.26. The van der Waals surface area contributed by atoms with Crippen molar-refractivity contribution in [2.24, 2.45) is 5.73 Å². The van der Waals surface area contributed by atoms with Gasteiger partial charge in [-0.25, -0.2) is 0 Å². The van der Waals surface area contributed by atoms with Gasteiger partial charge in [0.15, 0.2) is 0 Å². The molecule has 0 unspecified atom stereocenters. The summed E-state index contributed by atoms with van der Waals surface area (Å²) in [6.07, 6.45) is 0. The van der Waals surface area contributed by atoms with Crippen LogP contribution < -0.4 is 10.5 Å². The summed E-state index contributed by atoms with van der Waals surface area (Å²) in [5, 5.41) is 1.11. The molecule has 0 radical (unpaired) electrons. The van der Waals surface area contributed by atoms with E-state index in [4.69, 9.17) is 45.9 Å². The fourth-order valence-electron chi connectivity index (χ4n) is 1.46. The molecular formula is C13H9Cl2NOS. The Morgan fingerprint density at radius 2 is 1.72 bits per heavy atom. The maximum atomic E-state index is 6.05. The van der Waals surface area contributed by atoms with Crippen molar-refractivity contribution in [2.75, 3.05) is 0 Å². The monoisotopic (exact) mass is 297 g/mol. The lowest BCUT2D eigenvalue weighted by Crippen LogP contribution is -2.11. The molecule has 0 aliphatic carbocycles. The highest BCUT2D eigenvalue weighted by atomic mass is 35.5. The highest BCUT2D eigenvalue weighted by molar-refractivity contribution is 7.80. The number of halogens is 2. The van der Waals surface area contributed by atoms with Gasteiger partial charge in [0.25, 0.3) is 0 Å². The van der Waals surface area contributed by atoms with Crippen molar-refractivity contribution in [1.82, 2.24) is 0 Å². The zero-order chi connectivity index (χ0) is 13.1. The van der Waals surface area contributed by atoms with Crippen LogP contribution in [0.2, 0.25) is 10.0 Å². The van der Waals surface area contributed by atoms with Crippen LogP contribution in [0.15, 0.2) is 42.5 Å². The molecule has 2 aromatic rings. The van der Waals surface area contributed by atoms with Crippen LogP contribution in [0, 0.1) is 0 Å². The maximum Gasteiger partial charge on any atom is 0.139 e. The second kappa shape index (κ2) is 5.57. The maximum absolute atomic E-state index is 6.05. The van der Waals surface area contributed by atoms with Gasteiger partial charge in [0.2, 0.25) is 0 Å². The fraction of sp³-hybridized carbons (Fsp3) is 0. The molecule has 0 aromatic heterocycles. The molecule has 2 rings (SSSR count). The Balaban J connectivity index is 2.37. The zero-order valence-corrected chi connectivity index (χ0v) is 11.5. The zero-order valence-electron chi connectivity index (χ0n) is 9.19. The van der Waals surface area contributed by atoms with E-state index in [2.05, 4.69) is 0 Å². The average Bonchev–Trinajstić information content (AvgIpc) is 2.32. The van der Waals surface area contributed by atoms with E-state index in [1.165, 1.54) is 0 Å². The Labute approximate surface area is 120 Å². The summed E-state index contributed by atoms with van der Waals surface area (Å²) in [5.41, 5.74) is 6.17. The molecule has 2 nitrogen and oxygen atoms in total. The number of nitrogens with two attached hydrogens (primary N) is 1. The van der Waals surface area contributed by atoms with Gasteiger partial charge in [0.05, 0.1) is 10.6 Å². The molecule has 5 heteroatoms. The van der Waals surface area contributed by atoms with Crippen LogP contribution in [-0.4, -0.2) is 4.99 Å². The molecule has 0 aliphatic rings. The minimum absolute atomic E-state index is 0.199. The highest BCUT2D eigenvalue weighted by Crippen LogP contribution is 2.30. The van der Waals surface area contributed by atoms with Crippen molar-refractivity contribution in [3.05, 3.63) is 58.1 Å². The predicted octanol–water partition coefficient (Wildman–Crippen LogP) is 4.42. The first kappa shape index (κ1) is 13.1. The van der Waals surface area contributed by atoms with E-state index in [0.717, 1.165) is 0 Å². The molecule has 0 heterocycles. The smallest absolute Gasteiger partial charge is 0.139 e. The van der Waals surface area contributed by atoms with Crippen molar-refractivity contribution in [3.8, 4) is 11.5 Å². The van der Waals surface area contributed by atoms with E-state index < -0.39 is 0 Å². The molecule has 0 bridgehead atoms. The second-order valence-electron chi connectivity index (χ2n) is 3.53. The van der Waals surface area contributed by atoms with E-state index in [1.54, 1.807) is 42.5 Å². The number of rotatable bonds is 3. The molecular weight excluding hydrogens is 289 g/mol. The lowest BCUT2D eigenvalue weighted by Gasteiger charge is -2.11. The third kappa shape index (κ3) is 2.93. The SMILES string of the molecule is NC(=S)c1c(Cl)cccc1Oc1ccc(Cl)cc1. The van der Waals surface area contributed by atoms with E-state index in [0.29, 0.717) is 27.1 Å².